The zero-order valence-corrected chi connectivity index (χ0v) is 8.76. The maximum absolute atomic E-state index is 4.33. The van der Waals surface area contributed by atoms with Crippen molar-refractivity contribution >= 4 is 0 Å². The quantitative estimate of drug-likeness (QED) is 0.637. The molecule has 0 saturated heterocycles. The lowest BCUT2D eigenvalue weighted by molar-refractivity contribution is -0.451. The molecule has 0 amide bonds. The van der Waals surface area contributed by atoms with Gasteiger partial charge in [-0.25, -0.2) is 0 Å². The Balaban J connectivity index is 1.91. The van der Waals surface area contributed by atoms with E-state index in [0.717, 1.165) is 17.8 Å². The second-order valence-electron chi connectivity index (χ2n) is 6.18. The van der Waals surface area contributed by atoms with Gasteiger partial charge in [-0.1, -0.05) is 0 Å². The molecular formula is C12H22N+. The topological polar surface area (TPSA) is 27.6 Å². The Labute approximate surface area is 81.1 Å². The van der Waals surface area contributed by atoms with Crippen molar-refractivity contribution in [3.05, 3.63) is 0 Å². The van der Waals surface area contributed by atoms with Crippen molar-refractivity contribution in [2.24, 2.45) is 23.2 Å². The molecule has 0 spiro atoms. The van der Waals surface area contributed by atoms with E-state index >= 15 is 0 Å². The highest BCUT2D eigenvalue weighted by Crippen LogP contribution is 2.60. The molecular weight excluding hydrogens is 158 g/mol. The summed E-state index contributed by atoms with van der Waals surface area (Å²) in [6.07, 6.45) is 9.24. The molecule has 1 atom stereocenters. The van der Waals surface area contributed by atoms with Gasteiger partial charge in [-0.3, -0.25) is 0 Å². The number of quaternary nitrogens is 1. The van der Waals surface area contributed by atoms with Crippen LogP contribution in [0.15, 0.2) is 0 Å². The molecule has 3 N–H and O–H groups in total. The van der Waals surface area contributed by atoms with Gasteiger partial charge < -0.3 is 5.73 Å². The van der Waals surface area contributed by atoms with Gasteiger partial charge >= 0.3 is 0 Å². The molecule has 4 aliphatic carbocycles. The Morgan fingerprint density at radius 2 is 1.38 bits per heavy atom. The smallest absolute Gasteiger partial charge is 0.0872 e. The molecule has 1 nitrogen and oxygen atoms in total. The van der Waals surface area contributed by atoms with Crippen LogP contribution in [0.3, 0.4) is 0 Å². The Hall–Kier alpha value is -0.0400. The van der Waals surface area contributed by atoms with Crippen molar-refractivity contribution in [3.8, 4) is 0 Å². The summed E-state index contributed by atoms with van der Waals surface area (Å²) in [5.74, 6) is 3.28. The van der Waals surface area contributed by atoms with Gasteiger partial charge in [0.05, 0.1) is 6.04 Å². The monoisotopic (exact) mass is 180 g/mol. The van der Waals surface area contributed by atoms with Crippen LogP contribution in [0.25, 0.3) is 0 Å². The average Bonchev–Trinajstić information content (AvgIpc) is 2.00. The van der Waals surface area contributed by atoms with Crippen molar-refractivity contribution in [3.63, 3.8) is 0 Å². The maximum atomic E-state index is 4.33. The van der Waals surface area contributed by atoms with E-state index in [0.29, 0.717) is 11.5 Å². The van der Waals surface area contributed by atoms with Crippen LogP contribution >= 0.6 is 0 Å². The first kappa shape index (κ1) is 8.28. The largest absolute Gasteiger partial charge is 0.355 e. The first-order valence-electron chi connectivity index (χ1n) is 6.01. The molecule has 0 aromatic rings. The lowest BCUT2D eigenvalue weighted by Crippen LogP contribution is -2.70. The van der Waals surface area contributed by atoms with Crippen LogP contribution in [0.4, 0.5) is 0 Å². The lowest BCUT2D eigenvalue weighted by atomic mass is 9.48. The molecule has 4 bridgehead atoms. The van der Waals surface area contributed by atoms with Gasteiger partial charge in [-0.05, 0) is 63.2 Å². The average molecular weight is 180 g/mol. The minimum atomic E-state index is 0.689. The molecule has 4 saturated carbocycles. The summed E-state index contributed by atoms with van der Waals surface area (Å²) < 4.78 is 0. The van der Waals surface area contributed by atoms with Crippen LogP contribution in [0, 0.1) is 23.2 Å². The van der Waals surface area contributed by atoms with Crippen molar-refractivity contribution in [1.82, 2.24) is 0 Å². The van der Waals surface area contributed by atoms with E-state index in [1.165, 1.54) is 19.3 Å². The molecule has 4 rings (SSSR count). The molecule has 13 heavy (non-hydrogen) atoms. The summed E-state index contributed by atoms with van der Waals surface area (Å²) in [7, 11) is 0. The van der Waals surface area contributed by atoms with E-state index in [4.69, 9.17) is 0 Å². The summed E-state index contributed by atoms with van der Waals surface area (Å²) in [6, 6.07) is 0.695. The van der Waals surface area contributed by atoms with Gasteiger partial charge in [0.25, 0.3) is 0 Å². The number of rotatable bonds is 1. The minimum Gasteiger partial charge on any atom is -0.355 e. The highest BCUT2D eigenvalue weighted by Gasteiger charge is 2.53. The fourth-order valence-corrected chi connectivity index (χ4v) is 4.78. The standard InChI is InChI=1S/C12H21N/c1-8(13)12-5-9-2-10(6-12)4-11(3-9)7-12/h8-11H,2-7,13H2,1H3/p+1/t8-,9?,10?,11?,12?/m1/s1. The van der Waals surface area contributed by atoms with Crippen molar-refractivity contribution < 1.29 is 5.73 Å². The normalized spacial score (nSPS) is 55.4. The van der Waals surface area contributed by atoms with Gasteiger partial charge in [-0.2, -0.15) is 0 Å². The maximum Gasteiger partial charge on any atom is 0.0872 e. The molecule has 0 unspecified atom stereocenters. The van der Waals surface area contributed by atoms with E-state index in [1.54, 1.807) is 19.3 Å². The third-order valence-corrected chi connectivity index (χ3v) is 5.13. The molecule has 0 heterocycles. The van der Waals surface area contributed by atoms with Gasteiger partial charge in [0.2, 0.25) is 0 Å². The molecule has 74 valence electrons. The number of hydrogen-bond acceptors (Lipinski definition) is 0. The summed E-state index contributed by atoms with van der Waals surface area (Å²) in [5, 5.41) is 0. The molecule has 1 heteroatoms. The summed E-state index contributed by atoms with van der Waals surface area (Å²) in [6.45, 7) is 2.35. The third-order valence-electron chi connectivity index (χ3n) is 5.13. The Morgan fingerprint density at radius 3 is 1.69 bits per heavy atom. The minimum absolute atomic E-state index is 0.689. The second kappa shape index (κ2) is 2.50. The third kappa shape index (κ3) is 1.09. The van der Waals surface area contributed by atoms with E-state index in [-0.39, 0.29) is 0 Å². The van der Waals surface area contributed by atoms with Gasteiger partial charge in [0, 0.05) is 5.41 Å². The van der Waals surface area contributed by atoms with E-state index in [2.05, 4.69) is 12.7 Å². The highest BCUT2D eigenvalue weighted by atomic mass is 14.7. The van der Waals surface area contributed by atoms with Crippen LogP contribution in [-0.2, 0) is 0 Å². The molecule has 0 aromatic carbocycles. The predicted octanol–water partition coefficient (Wildman–Crippen LogP) is 1.83. The highest BCUT2D eigenvalue weighted by molar-refractivity contribution is 5.02. The van der Waals surface area contributed by atoms with Gasteiger partial charge in [0.15, 0.2) is 0 Å². The molecule has 0 radical (unpaired) electrons. The van der Waals surface area contributed by atoms with Crippen LogP contribution < -0.4 is 5.73 Å². The molecule has 4 fully saturated rings. The Bertz CT molecular complexity index is 184. The van der Waals surface area contributed by atoms with Crippen LogP contribution in [-0.4, -0.2) is 6.04 Å². The first-order valence-corrected chi connectivity index (χ1v) is 6.01. The summed E-state index contributed by atoms with van der Waals surface area (Å²) >= 11 is 0. The predicted molar refractivity (Wildman–Crippen MR) is 53.0 cm³/mol. The fourth-order valence-electron chi connectivity index (χ4n) is 4.78. The molecule has 4 aliphatic rings. The zero-order chi connectivity index (χ0) is 9.05. The van der Waals surface area contributed by atoms with E-state index in [9.17, 15) is 0 Å². The SMILES string of the molecule is C[C@@H]([NH3+])C12CC3CC(CC(C3)C1)C2. The van der Waals surface area contributed by atoms with E-state index in [1.807, 2.05) is 0 Å². The zero-order valence-electron chi connectivity index (χ0n) is 8.76. The number of hydrogen-bond donors (Lipinski definition) is 1. The molecule has 0 aromatic heterocycles. The van der Waals surface area contributed by atoms with Crippen molar-refractivity contribution in [2.45, 2.75) is 51.5 Å². The van der Waals surface area contributed by atoms with Gasteiger partial charge in [0.1, 0.15) is 0 Å². The Morgan fingerprint density at radius 1 is 1.00 bits per heavy atom. The van der Waals surface area contributed by atoms with Crippen LogP contribution in [0.1, 0.15) is 45.4 Å². The van der Waals surface area contributed by atoms with Crippen molar-refractivity contribution in [2.75, 3.05) is 0 Å². The fraction of sp³-hybridized carbons (Fsp3) is 1.00. The van der Waals surface area contributed by atoms with Gasteiger partial charge in [-0.15, -0.1) is 0 Å². The van der Waals surface area contributed by atoms with Crippen LogP contribution in [0.5, 0.6) is 0 Å². The first-order chi connectivity index (χ1) is 6.18. The summed E-state index contributed by atoms with van der Waals surface area (Å²) in [4.78, 5) is 0. The van der Waals surface area contributed by atoms with Crippen molar-refractivity contribution in [1.29, 1.82) is 0 Å². The van der Waals surface area contributed by atoms with E-state index < -0.39 is 0 Å². The molecule has 0 aliphatic heterocycles. The van der Waals surface area contributed by atoms with Crippen LogP contribution in [0.2, 0.25) is 0 Å². The lowest BCUT2D eigenvalue weighted by Gasteiger charge is -2.57. The Kier molecular flexibility index (Phi) is 1.59. The summed E-state index contributed by atoms with van der Waals surface area (Å²) in [5.41, 5.74) is 5.02. The second-order valence-corrected chi connectivity index (χ2v) is 6.18.